The van der Waals surface area contributed by atoms with Crippen molar-refractivity contribution in [1.29, 1.82) is 0 Å². The Hall–Kier alpha value is -1.59. The monoisotopic (exact) mass is 323 g/mol. The minimum atomic E-state index is 0.0102. The highest BCUT2D eigenvalue weighted by Crippen LogP contribution is 2.26. The Morgan fingerprint density at radius 3 is 2.79 bits per heavy atom. The van der Waals surface area contributed by atoms with E-state index in [-0.39, 0.29) is 6.61 Å². The summed E-state index contributed by atoms with van der Waals surface area (Å²) in [4.78, 5) is 4.27. The molecular weight excluding hydrogens is 310 g/mol. The highest BCUT2D eigenvalue weighted by Gasteiger charge is 2.04. The lowest BCUT2D eigenvalue weighted by molar-refractivity contribution is 0.280. The van der Waals surface area contributed by atoms with Gasteiger partial charge in [0, 0.05) is 6.07 Å². The maximum atomic E-state index is 9.03. The summed E-state index contributed by atoms with van der Waals surface area (Å²) in [7, 11) is 1.58. The molecule has 1 heterocycles. The topological polar surface area (TPSA) is 51.6 Å². The summed E-state index contributed by atoms with van der Waals surface area (Å²) in [5, 5.41) is 9.03. The van der Waals surface area contributed by atoms with E-state index in [1.54, 1.807) is 13.2 Å². The van der Waals surface area contributed by atoms with Gasteiger partial charge in [-0.05, 0) is 39.7 Å². The molecular formula is C14H14BrNO3. The van der Waals surface area contributed by atoms with Gasteiger partial charge in [-0.15, -0.1) is 0 Å². The number of aromatic nitrogens is 1. The predicted molar refractivity (Wildman–Crippen MR) is 75.2 cm³/mol. The van der Waals surface area contributed by atoms with Crippen molar-refractivity contribution in [1.82, 2.24) is 4.98 Å². The third kappa shape index (κ3) is 3.68. The second-order valence-corrected chi connectivity index (χ2v) is 4.74. The largest absolute Gasteiger partial charge is 0.486 e. The molecule has 0 aliphatic heterocycles. The molecule has 0 aliphatic carbocycles. The smallest absolute Gasteiger partial charge is 0.213 e. The molecule has 1 N–H and O–H groups in total. The Labute approximate surface area is 120 Å². The van der Waals surface area contributed by atoms with Crippen molar-refractivity contribution in [3.05, 3.63) is 52.1 Å². The third-order valence-electron chi connectivity index (χ3n) is 2.54. The van der Waals surface area contributed by atoms with Crippen LogP contribution in [0.25, 0.3) is 0 Å². The molecule has 5 heteroatoms. The lowest BCUT2D eigenvalue weighted by Gasteiger charge is -2.09. The van der Waals surface area contributed by atoms with E-state index in [0.29, 0.717) is 18.2 Å². The average molecular weight is 324 g/mol. The number of methoxy groups -OCH3 is 1. The summed E-state index contributed by atoms with van der Waals surface area (Å²) in [5.41, 5.74) is 1.62. The highest BCUT2D eigenvalue weighted by atomic mass is 79.9. The number of hydrogen-bond acceptors (Lipinski definition) is 4. The normalized spacial score (nSPS) is 10.3. The molecule has 0 radical (unpaired) electrons. The first-order valence-electron chi connectivity index (χ1n) is 5.75. The van der Waals surface area contributed by atoms with Gasteiger partial charge >= 0.3 is 0 Å². The number of benzene rings is 1. The van der Waals surface area contributed by atoms with E-state index in [2.05, 4.69) is 20.9 Å². The number of aliphatic hydroxyl groups is 1. The number of aliphatic hydroxyl groups excluding tert-OH is 1. The van der Waals surface area contributed by atoms with Crippen molar-refractivity contribution < 1.29 is 14.6 Å². The van der Waals surface area contributed by atoms with Crippen molar-refractivity contribution in [2.24, 2.45) is 0 Å². The lowest BCUT2D eigenvalue weighted by atomic mass is 10.2. The number of pyridine rings is 1. The zero-order chi connectivity index (χ0) is 13.7. The first-order chi connectivity index (χ1) is 9.22. The Balaban J connectivity index is 2.05. The van der Waals surface area contributed by atoms with Gasteiger partial charge < -0.3 is 14.6 Å². The molecule has 1 aromatic heterocycles. The van der Waals surface area contributed by atoms with Crippen LogP contribution >= 0.6 is 15.9 Å². The van der Waals surface area contributed by atoms with Gasteiger partial charge in [-0.25, -0.2) is 4.98 Å². The molecule has 0 unspecified atom stereocenters. The number of rotatable bonds is 5. The van der Waals surface area contributed by atoms with Gasteiger partial charge in [-0.3, -0.25) is 0 Å². The van der Waals surface area contributed by atoms with Gasteiger partial charge in [0.25, 0.3) is 0 Å². The zero-order valence-electron chi connectivity index (χ0n) is 10.5. The Kier molecular flexibility index (Phi) is 4.76. The summed E-state index contributed by atoms with van der Waals surface area (Å²) >= 11 is 3.41. The van der Waals surface area contributed by atoms with Gasteiger partial charge in [-0.2, -0.15) is 0 Å². The van der Waals surface area contributed by atoms with Crippen LogP contribution in [0.3, 0.4) is 0 Å². The molecule has 4 nitrogen and oxygen atoms in total. The molecule has 100 valence electrons. The van der Waals surface area contributed by atoms with Crippen LogP contribution in [0.4, 0.5) is 0 Å². The van der Waals surface area contributed by atoms with Crippen LogP contribution in [-0.4, -0.2) is 17.2 Å². The molecule has 0 amide bonds. The van der Waals surface area contributed by atoms with Crippen molar-refractivity contribution >= 4 is 15.9 Å². The molecule has 0 saturated carbocycles. The lowest BCUT2D eigenvalue weighted by Crippen LogP contribution is -2.00. The summed E-state index contributed by atoms with van der Waals surface area (Å²) in [5.74, 6) is 1.28. The van der Waals surface area contributed by atoms with Gasteiger partial charge in [0.2, 0.25) is 5.88 Å². The first-order valence-corrected chi connectivity index (χ1v) is 6.54. The fraction of sp³-hybridized carbons (Fsp3) is 0.214. The van der Waals surface area contributed by atoms with Gasteiger partial charge in [0.05, 0.1) is 23.9 Å². The molecule has 2 aromatic rings. The maximum Gasteiger partial charge on any atom is 0.213 e. The fourth-order valence-corrected chi connectivity index (χ4v) is 2.10. The van der Waals surface area contributed by atoms with E-state index >= 15 is 0 Å². The van der Waals surface area contributed by atoms with Crippen molar-refractivity contribution in [2.45, 2.75) is 13.2 Å². The molecule has 2 rings (SSSR count). The third-order valence-corrected chi connectivity index (χ3v) is 3.16. The van der Waals surface area contributed by atoms with E-state index < -0.39 is 0 Å². The Morgan fingerprint density at radius 1 is 1.26 bits per heavy atom. The number of ether oxygens (including phenoxy) is 2. The summed E-state index contributed by atoms with van der Waals surface area (Å²) < 4.78 is 11.5. The molecule has 0 aliphatic rings. The van der Waals surface area contributed by atoms with E-state index in [0.717, 1.165) is 15.7 Å². The molecule has 0 atom stereocenters. The average Bonchev–Trinajstić information content (AvgIpc) is 2.46. The van der Waals surface area contributed by atoms with Crippen LogP contribution in [0.15, 0.2) is 40.9 Å². The Morgan fingerprint density at radius 2 is 2.11 bits per heavy atom. The minimum absolute atomic E-state index is 0.0102. The van der Waals surface area contributed by atoms with E-state index in [4.69, 9.17) is 14.6 Å². The van der Waals surface area contributed by atoms with Crippen LogP contribution < -0.4 is 9.47 Å². The van der Waals surface area contributed by atoms with E-state index in [9.17, 15) is 0 Å². The van der Waals surface area contributed by atoms with Crippen LogP contribution in [-0.2, 0) is 13.2 Å². The second kappa shape index (κ2) is 6.54. The molecule has 0 fully saturated rings. The molecule has 0 saturated heterocycles. The van der Waals surface area contributed by atoms with Crippen LogP contribution in [0.5, 0.6) is 11.6 Å². The quantitative estimate of drug-likeness (QED) is 0.919. The fourth-order valence-electron chi connectivity index (χ4n) is 1.56. The summed E-state index contributed by atoms with van der Waals surface area (Å²) in [6.45, 7) is 0.366. The van der Waals surface area contributed by atoms with Gasteiger partial charge in [-0.1, -0.05) is 12.1 Å². The van der Waals surface area contributed by atoms with Crippen LogP contribution in [0.2, 0.25) is 0 Å². The summed E-state index contributed by atoms with van der Waals surface area (Å²) in [6, 6.07) is 11.0. The van der Waals surface area contributed by atoms with Gasteiger partial charge in [0.15, 0.2) is 0 Å². The standard InChI is InChI=1S/C14H14BrNO3/c1-18-14-4-2-3-11(16-14)9-19-13-6-5-10(8-17)7-12(13)15/h2-7,17H,8-9H2,1H3. The zero-order valence-corrected chi connectivity index (χ0v) is 12.1. The van der Waals surface area contributed by atoms with E-state index in [1.165, 1.54) is 0 Å². The van der Waals surface area contributed by atoms with E-state index in [1.807, 2.05) is 30.3 Å². The maximum absolute atomic E-state index is 9.03. The SMILES string of the molecule is COc1cccc(COc2ccc(CO)cc2Br)n1. The predicted octanol–water partition coefficient (Wildman–Crippen LogP) is 2.92. The number of halogens is 1. The molecule has 0 bridgehead atoms. The van der Waals surface area contributed by atoms with Crippen molar-refractivity contribution in [3.8, 4) is 11.6 Å². The molecule has 19 heavy (non-hydrogen) atoms. The summed E-state index contributed by atoms with van der Waals surface area (Å²) in [6.07, 6.45) is 0. The van der Waals surface area contributed by atoms with Crippen molar-refractivity contribution in [3.63, 3.8) is 0 Å². The number of nitrogens with zero attached hydrogens (tertiary/aromatic N) is 1. The molecule has 0 spiro atoms. The highest BCUT2D eigenvalue weighted by molar-refractivity contribution is 9.10. The van der Waals surface area contributed by atoms with Crippen LogP contribution in [0.1, 0.15) is 11.3 Å². The minimum Gasteiger partial charge on any atom is -0.486 e. The van der Waals surface area contributed by atoms with Gasteiger partial charge in [0.1, 0.15) is 12.4 Å². The number of hydrogen-bond donors (Lipinski definition) is 1. The van der Waals surface area contributed by atoms with Crippen molar-refractivity contribution in [2.75, 3.05) is 7.11 Å². The Bertz CT molecular complexity index is 560. The van der Waals surface area contributed by atoms with Crippen LogP contribution in [0, 0.1) is 0 Å². The second-order valence-electron chi connectivity index (χ2n) is 3.88. The molecule has 1 aromatic carbocycles. The first kappa shape index (κ1) is 13.8.